The van der Waals surface area contributed by atoms with Crippen LogP contribution in [-0.2, 0) is 0 Å². The number of nitrogens with zero attached hydrogens (tertiary/aromatic N) is 3. The number of para-hydroxylation sites is 2. The third kappa shape index (κ3) is 2.87. The number of rotatable bonds is 3. The van der Waals surface area contributed by atoms with Gasteiger partial charge in [0.15, 0.2) is 23.4 Å². The summed E-state index contributed by atoms with van der Waals surface area (Å²) in [5, 5.41) is 4.36. The molecule has 0 fully saturated rings. The average Bonchev–Trinajstić information content (AvgIpc) is 3.28. The molecule has 0 amide bonds. The summed E-state index contributed by atoms with van der Waals surface area (Å²) in [6, 6.07) is 14.9. The second-order valence-corrected chi connectivity index (χ2v) is 7.23. The molecule has 140 valence electrons. The molecule has 0 aliphatic carbocycles. The van der Waals surface area contributed by atoms with Gasteiger partial charge in [0.1, 0.15) is 12.4 Å². The van der Waals surface area contributed by atoms with E-state index in [9.17, 15) is 4.79 Å². The molecule has 0 radical (unpaired) electrons. The van der Waals surface area contributed by atoms with Gasteiger partial charge in [-0.15, -0.1) is 5.10 Å². The van der Waals surface area contributed by atoms with Gasteiger partial charge in [0.2, 0.25) is 4.96 Å². The Bertz CT molecular complexity index is 1260. The van der Waals surface area contributed by atoms with E-state index in [2.05, 4.69) is 10.1 Å². The Morgan fingerprint density at radius 3 is 2.71 bits per heavy atom. The monoisotopic (exact) mass is 393 g/mol. The van der Waals surface area contributed by atoms with E-state index in [1.165, 1.54) is 15.9 Å². The highest BCUT2D eigenvalue weighted by molar-refractivity contribution is 7.15. The fraction of sp³-hybridized carbons (Fsp3) is 0.150. The zero-order valence-electron chi connectivity index (χ0n) is 14.9. The SMILES string of the molecule is COc1ccc(/C=c2/sc3nc(C4COc5ccccc5O4)nn3c2=O)cc1. The third-order valence-electron chi connectivity index (χ3n) is 4.41. The minimum Gasteiger partial charge on any atom is -0.497 e. The predicted molar refractivity (Wildman–Crippen MR) is 104 cm³/mol. The van der Waals surface area contributed by atoms with Crippen LogP contribution >= 0.6 is 11.3 Å². The first-order valence-electron chi connectivity index (χ1n) is 8.65. The van der Waals surface area contributed by atoms with Gasteiger partial charge >= 0.3 is 0 Å². The van der Waals surface area contributed by atoms with E-state index in [1.807, 2.05) is 54.6 Å². The molecule has 0 N–H and O–H groups in total. The van der Waals surface area contributed by atoms with Crippen LogP contribution in [0.15, 0.2) is 53.3 Å². The Hall–Kier alpha value is -3.39. The van der Waals surface area contributed by atoms with Gasteiger partial charge in [0.05, 0.1) is 11.6 Å². The Balaban J connectivity index is 1.47. The molecule has 1 aliphatic rings. The largest absolute Gasteiger partial charge is 0.497 e. The average molecular weight is 393 g/mol. The second-order valence-electron chi connectivity index (χ2n) is 6.22. The minimum atomic E-state index is -0.449. The van der Waals surface area contributed by atoms with Crippen LogP contribution in [0.4, 0.5) is 0 Å². The van der Waals surface area contributed by atoms with Crippen molar-refractivity contribution in [2.45, 2.75) is 6.10 Å². The molecule has 2 aromatic carbocycles. The fourth-order valence-corrected chi connectivity index (χ4v) is 3.90. The van der Waals surface area contributed by atoms with Crippen LogP contribution in [0.25, 0.3) is 11.0 Å². The zero-order chi connectivity index (χ0) is 19.1. The molecular weight excluding hydrogens is 378 g/mol. The summed E-state index contributed by atoms with van der Waals surface area (Å²) in [5.41, 5.74) is 0.704. The fourth-order valence-electron chi connectivity index (χ4n) is 2.98. The molecule has 5 rings (SSSR count). The van der Waals surface area contributed by atoms with E-state index in [-0.39, 0.29) is 5.56 Å². The topological polar surface area (TPSA) is 74.9 Å². The van der Waals surface area contributed by atoms with Gasteiger partial charge in [-0.3, -0.25) is 4.79 Å². The van der Waals surface area contributed by atoms with Gasteiger partial charge in [0.25, 0.3) is 5.56 Å². The third-order valence-corrected chi connectivity index (χ3v) is 5.37. The normalized spacial score (nSPS) is 16.5. The van der Waals surface area contributed by atoms with Gasteiger partial charge in [0, 0.05) is 0 Å². The standard InChI is InChI=1S/C20H15N3O4S/c1-25-13-8-6-12(7-9-13)10-17-19(24)23-20(28-17)21-18(22-23)16-11-26-14-4-2-3-5-15(14)27-16/h2-10,16H,11H2,1H3/b17-10+. The van der Waals surface area contributed by atoms with Crippen molar-refractivity contribution in [3.05, 3.63) is 74.8 Å². The summed E-state index contributed by atoms with van der Waals surface area (Å²) in [4.78, 5) is 17.7. The predicted octanol–water partition coefficient (Wildman–Crippen LogP) is 2.22. The summed E-state index contributed by atoms with van der Waals surface area (Å²) in [5.74, 6) is 2.55. The molecule has 0 bridgehead atoms. The van der Waals surface area contributed by atoms with Gasteiger partial charge < -0.3 is 14.2 Å². The number of ether oxygens (including phenoxy) is 3. The van der Waals surface area contributed by atoms with Crippen LogP contribution in [0.2, 0.25) is 0 Å². The van der Waals surface area contributed by atoms with Crippen molar-refractivity contribution >= 4 is 22.4 Å². The van der Waals surface area contributed by atoms with Crippen molar-refractivity contribution in [1.82, 2.24) is 14.6 Å². The van der Waals surface area contributed by atoms with Crippen LogP contribution in [0, 0.1) is 0 Å². The van der Waals surface area contributed by atoms with E-state index >= 15 is 0 Å². The molecule has 1 atom stereocenters. The van der Waals surface area contributed by atoms with Gasteiger partial charge in [-0.25, -0.2) is 0 Å². The summed E-state index contributed by atoms with van der Waals surface area (Å²) in [6.45, 7) is 0.299. The Labute approximate surface area is 163 Å². The first kappa shape index (κ1) is 16.8. The minimum absolute atomic E-state index is 0.202. The maximum Gasteiger partial charge on any atom is 0.291 e. The maximum absolute atomic E-state index is 12.7. The van der Waals surface area contributed by atoms with Crippen LogP contribution < -0.4 is 24.3 Å². The highest BCUT2D eigenvalue weighted by atomic mass is 32.1. The van der Waals surface area contributed by atoms with E-state index in [4.69, 9.17) is 14.2 Å². The molecule has 3 heterocycles. The van der Waals surface area contributed by atoms with E-state index in [0.29, 0.717) is 33.4 Å². The molecular formula is C20H15N3O4S. The van der Waals surface area contributed by atoms with Crippen LogP contribution in [0.5, 0.6) is 17.2 Å². The molecule has 0 spiro atoms. The molecule has 0 saturated heterocycles. The Morgan fingerprint density at radius 2 is 1.96 bits per heavy atom. The van der Waals surface area contributed by atoms with Crippen LogP contribution in [0.1, 0.15) is 17.5 Å². The van der Waals surface area contributed by atoms with Crippen molar-refractivity contribution in [3.63, 3.8) is 0 Å². The van der Waals surface area contributed by atoms with Crippen LogP contribution in [-0.4, -0.2) is 28.3 Å². The number of methoxy groups -OCH3 is 1. The molecule has 1 unspecified atom stereocenters. The molecule has 28 heavy (non-hydrogen) atoms. The maximum atomic E-state index is 12.7. The molecule has 1 aliphatic heterocycles. The Morgan fingerprint density at radius 1 is 1.18 bits per heavy atom. The van der Waals surface area contributed by atoms with Crippen molar-refractivity contribution in [1.29, 1.82) is 0 Å². The highest BCUT2D eigenvalue weighted by Crippen LogP contribution is 2.35. The summed E-state index contributed by atoms with van der Waals surface area (Å²) in [6.07, 6.45) is 1.37. The first-order chi connectivity index (χ1) is 13.7. The molecule has 0 saturated carbocycles. The van der Waals surface area contributed by atoms with Crippen molar-refractivity contribution in [3.8, 4) is 17.2 Å². The molecule has 4 aromatic rings. The van der Waals surface area contributed by atoms with Crippen LogP contribution in [0.3, 0.4) is 0 Å². The summed E-state index contributed by atoms with van der Waals surface area (Å²) < 4.78 is 18.7. The smallest absolute Gasteiger partial charge is 0.291 e. The van der Waals surface area contributed by atoms with Crippen molar-refractivity contribution < 1.29 is 14.2 Å². The number of thiazole rings is 1. The highest BCUT2D eigenvalue weighted by Gasteiger charge is 2.27. The summed E-state index contributed by atoms with van der Waals surface area (Å²) in [7, 11) is 1.62. The van der Waals surface area contributed by atoms with Gasteiger partial charge in [-0.2, -0.15) is 9.50 Å². The van der Waals surface area contributed by atoms with E-state index < -0.39 is 6.10 Å². The summed E-state index contributed by atoms with van der Waals surface area (Å²) >= 11 is 1.29. The van der Waals surface area contributed by atoms with E-state index in [0.717, 1.165) is 11.3 Å². The number of aromatic nitrogens is 3. The number of hydrogen-bond donors (Lipinski definition) is 0. The Kier molecular flexibility index (Phi) is 3.98. The molecule has 2 aromatic heterocycles. The lowest BCUT2D eigenvalue weighted by atomic mass is 10.2. The lowest BCUT2D eigenvalue weighted by Gasteiger charge is -2.24. The van der Waals surface area contributed by atoms with Gasteiger partial charge in [-0.05, 0) is 35.9 Å². The first-order valence-corrected chi connectivity index (χ1v) is 9.46. The molecule has 8 heteroatoms. The molecule has 7 nitrogen and oxygen atoms in total. The van der Waals surface area contributed by atoms with Gasteiger partial charge in [-0.1, -0.05) is 35.6 Å². The van der Waals surface area contributed by atoms with Crippen molar-refractivity contribution in [2.75, 3.05) is 13.7 Å². The van der Waals surface area contributed by atoms with E-state index in [1.54, 1.807) is 7.11 Å². The number of fused-ring (bicyclic) bond motifs is 2. The zero-order valence-corrected chi connectivity index (χ0v) is 15.7. The number of benzene rings is 2. The lowest BCUT2D eigenvalue weighted by molar-refractivity contribution is 0.0852. The van der Waals surface area contributed by atoms with Crippen molar-refractivity contribution in [2.24, 2.45) is 0 Å². The lowest BCUT2D eigenvalue weighted by Crippen LogP contribution is -2.26. The number of hydrogen-bond acceptors (Lipinski definition) is 7. The quantitative estimate of drug-likeness (QED) is 0.531. The second kappa shape index (κ2) is 6.65.